The monoisotopic (exact) mass is 274 g/mol. The Labute approximate surface area is 97.3 Å². The normalized spacial score (nSPS) is 12.6. The van der Waals surface area contributed by atoms with Crippen LogP contribution in [0.5, 0.6) is 5.75 Å². The van der Waals surface area contributed by atoms with Gasteiger partial charge in [0.1, 0.15) is 5.75 Å². The first kappa shape index (κ1) is 14.3. The predicted molar refractivity (Wildman–Crippen MR) is 51.8 cm³/mol. The number of alkyl halides is 6. The van der Waals surface area contributed by atoms with E-state index in [0.717, 1.165) is 7.11 Å². The second-order valence-corrected chi connectivity index (χ2v) is 3.32. The average Bonchev–Trinajstić information content (AvgIpc) is 2.18. The summed E-state index contributed by atoms with van der Waals surface area (Å²) < 4.78 is 79.9. The Kier molecular flexibility index (Phi) is 3.28. The van der Waals surface area contributed by atoms with Gasteiger partial charge in [-0.2, -0.15) is 26.3 Å². The SMILES string of the molecule is COc1cc(C(F)(F)F)c(C(F)(F)F)c(N)c1N. The van der Waals surface area contributed by atoms with Crippen LogP contribution in [0.4, 0.5) is 37.7 Å². The third-order valence-electron chi connectivity index (χ3n) is 2.18. The summed E-state index contributed by atoms with van der Waals surface area (Å²) in [6.07, 6.45) is -10.5. The van der Waals surface area contributed by atoms with Crippen LogP contribution in [-0.2, 0) is 12.4 Å². The van der Waals surface area contributed by atoms with Crippen LogP contribution in [-0.4, -0.2) is 7.11 Å². The van der Waals surface area contributed by atoms with E-state index in [1.807, 2.05) is 0 Å². The van der Waals surface area contributed by atoms with Gasteiger partial charge < -0.3 is 16.2 Å². The Morgan fingerprint density at radius 2 is 1.44 bits per heavy atom. The molecule has 0 saturated carbocycles. The zero-order chi connectivity index (χ0) is 14.3. The predicted octanol–water partition coefficient (Wildman–Crippen LogP) is 2.90. The molecule has 3 nitrogen and oxygen atoms in total. The first-order valence-corrected chi connectivity index (χ1v) is 4.40. The molecule has 0 spiro atoms. The van der Waals surface area contributed by atoms with Gasteiger partial charge in [0.15, 0.2) is 0 Å². The van der Waals surface area contributed by atoms with E-state index in [9.17, 15) is 26.3 Å². The zero-order valence-corrected chi connectivity index (χ0v) is 8.91. The molecule has 9 heteroatoms. The lowest BCUT2D eigenvalue weighted by molar-refractivity contribution is -0.161. The number of hydrogen-bond acceptors (Lipinski definition) is 3. The lowest BCUT2D eigenvalue weighted by Gasteiger charge is -2.20. The second-order valence-electron chi connectivity index (χ2n) is 3.32. The lowest BCUT2D eigenvalue weighted by atomic mass is 10.0. The largest absolute Gasteiger partial charge is 0.495 e. The minimum Gasteiger partial charge on any atom is -0.495 e. The van der Waals surface area contributed by atoms with Gasteiger partial charge in [0.05, 0.1) is 29.6 Å². The third kappa shape index (κ3) is 2.39. The summed E-state index contributed by atoms with van der Waals surface area (Å²) >= 11 is 0. The molecule has 1 rings (SSSR count). The minimum atomic E-state index is -5.27. The van der Waals surface area contributed by atoms with Gasteiger partial charge in [-0.25, -0.2) is 0 Å². The van der Waals surface area contributed by atoms with Crippen LogP contribution in [0.1, 0.15) is 11.1 Å². The van der Waals surface area contributed by atoms with Gasteiger partial charge in [-0.3, -0.25) is 0 Å². The Bertz CT molecular complexity index is 466. The van der Waals surface area contributed by atoms with Crippen molar-refractivity contribution < 1.29 is 31.1 Å². The van der Waals surface area contributed by atoms with Crippen molar-refractivity contribution in [1.82, 2.24) is 0 Å². The van der Waals surface area contributed by atoms with Crippen molar-refractivity contribution in [2.75, 3.05) is 18.6 Å². The minimum absolute atomic E-state index is 0.175. The summed E-state index contributed by atoms with van der Waals surface area (Å²) in [7, 11) is 0.971. The Morgan fingerprint density at radius 1 is 0.944 bits per heavy atom. The first-order chi connectivity index (χ1) is 8.00. The molecule has 0 unspecified atom stereocenters. The summed E-state index contributed by atoms with van der Waals surface area (Å²) in [6.45, 7) is 0. The van der Waals surface area contributed by atoms with Gasteiger partial charge in [-0.15, -0.1) is 0 Å². The quantitative estimate of drug-likeness (QED) is 0.611. The molecule has 102 valence electrons. The molecule has 0 radical (unpaired) electrons. The van der Waals surface area contributed by atoms with Gasteiger partial charge in [0.25, 0.3) is 0 Å². The van der Waals surface area contributed by atoms with Crippen molar-refractivity contribution in [1.29, 1.82) is 0 Å². The molecular weight excluding hydrogens is 266 g/mol. The summed E-state index contributed by atoms with van der Waals surface area (Å²) in [5, 5.41) is 0. The van der Waals surface area contributed by atoms with Crippen molar-refractivity contribution in [2.24, 2.45) is 0 Å². The highest BCUT2D eigenvalue weighted by molar-refractivity contribution is 5.77. The third-order valence-corrected chi connectivity index (χ3v) is 2.18. The maximum atomic E-state index is 12.6. The van der Waals surface area contributed by atoms with Crippen LogP contribution in [0, 0.1) is 0 Å². The van der Waals surface area contributed by atoms with Gasteiger partial charge in [-0.1, -0.05) is 0 Å². The Hall–Kier alpha value is -1.80. The molecule has 0 aliphatic heterocycles. The highest BCUT2D eigenvalue weighted by Crippen LogP contribution is 2.47. The molecule has 0 saturated heterocycles. The Morgan fingerprint density at radius 3 is 1.78 bits per heavy atom. The van der Waals surface area contributed by atoms with Gasteiger partial charge in [-0.05, 0) is 6.07 Å². The number of nitrogen functional groups attached to an aromatic ring is 2. The Balaban J connectivity index is 3.73. The zero-order valence-electron chi connectivity index (χ0n) is 8.91. The summed E-state index contributed by atoms with van der Waals surface area (Å²) in [6, 6.07) is 0.175. The number of hydrogen-bond donors (Lipinski definition) is 2. The molecule has 0 heterocycles. The van der Waals surface area contributed by atoms with E-state index in [-0.39, 0.29) is 6.07 Å². The lowest BCUT2D eigenvalue weighted by Crippen LogP contribution is -2.20. The summed E-state index contributed by atoms with van der Waals surface area (Å²) in [5.74, 6) is -0.562. The van der Waals surface area contributed by atoms with E-state index < -0.39 is 40.6 Å². The van der Waals surface area contributed by atoms with Crippen molar-refractivity contribution in [3.8, 4) is 5.75 Å². The van der Waals surface area contributed by atoms with Crippen LogP contribution in [0.25, 0.3) is 0 Å². The standard InChI is InChI=1S/C9H8F6N2O/c1-18-4-2-3(8(10,11)12)5(9(13,14)15)7(17)6(4)16/h2H,16-17H2,1H3. The highest BCUT2D eigenvalue weighted by atomic mass is 19.4. The maximum Gasteiger partial charge on any atom is 0.419 e. The molecule has 18 heavy (non-hydrogen) atoms. The molecule has 1 aromatic rings. The molecule has 0 aliphatic rings. The van der Waals surface area contributed by atoms with Gasteiger partial charge in [0, 0.05) is 0 Å². The van der Waals surface area contributed by atoms with Crippen LogP contribution in [0.3, 0.4) is 0 Å². The van der Waals surface area contributed by atoms with Crippen molar-refractivity contribution in [2.45, 2.75) is 12.4 Å². The number of rotatable bonds is 1. The summed E-state index contributed by atoms with van der Waals surface area (Å²) in [5.41, 5.74) is 4.38. The number of halogens is 6. The fourth-order valence-corrected chi connectivity index (χ4v) is 1.39. The van der Waals surface area contributed by atoms with E-state index >= 15 is 0 Å². The van der Waals surface area contributed by atoms with E-state index in [2.05, 4.69) is 4.74 Å². The van der Waals surface area contributed by atoms with Crippen LogP contribution in [0.2, 0.25) is 0 Å². The molecule has 1 aromatic carbocycles. The van der Waals surface area contributed by atoms with Crippen molar-refractivity contribution in [3.05, 3.63) is 17.2 Å². The molecule has 0 aliphatic carbocycles. The molecule has 0 fully saturated rings. The van der Waals surface area contributed by atoms with Crippen LogP contribution < -0.4 is 16.2 Å². The molecular formula is C9H8F6N2O. The highest BCUT2D eigenvalue weighted by Gasteiger charge is 2.46. The van der Waals surface area contributed by atoms with Crippen LogP contribution >= 0.6 is 0 Å². The van der Waals surface area contributed by atoms with Crippen molar-refractivity contribution in [3.63, 3.8) is 0 Å². The molecule has 0 bridgehead atoms. The van der Waals surface area contributed by atoms with E-state index in [1.54, 1.807) is 0 Å². The molecule has 4 N–H and O–H groups in total. The number of nitrogens with two attached hydrogens (primary N) is 2. The molecule has 0 amide bonds. The number of methoxy groups -OCH3 is 1. The first-order valence-electron chi connectivity index (χ1n) is 4.40. The van der Waals surface area contributed by atoms with Gasteiger partial charge in [0.2, 0.25) is 0 Å². The van der Waals surface area contributed by atoms with E-state index in [0.29, 0.717) is 0 Å². The molecule has 0 aromatic heterocycles. The molecule has 0 atom stereocenters. The number of ether oxygens (including phenoxy) is 1. The topological polar surface area (TPSA) is 61.3 Å². The smallest absolute Gasteiger partial charge is 0.419 e. The van der Waals surface area contributed by atoms with Crippen LogP contribution in [0.15, 0.2) is 6.07 Å². The van der Waals surface area contributed by atoms with Crippen molar-refractivity contribution >= 4 is 11.4 Å². The fourth-order valence-electron chi connectivity index (χ4n) is 1.39. The fraction of sp³-hybridized carbons (Fsp3) is 0.333. The second kappa shape index (κ2) is 4.14. The average molecular weight is 274 g/mol. The number of anilines is 2. The number of benzene rings is 1. The van der Waals surface area contributed by atoms with Gasteiger partial charge >= 0.3 is 12.4 Å². The van der Waals surface area contributed by atoms with E-state index in [1.165, 1.54) is 0 Å². The van der Waals surface area contributed by atoms with E-state index in [4.69, 9.17) is 11.5 Å². The summed E-state index contributed by atoms with van der Waals surface area (Å²) in [4.78, 5) is 0. The maximum absolute atomic E-state index is 12.6.